The highest BCUT2D eigenvalue weighted by Gasteiger charge is 2.00. The van der Waals surface area contributed by atoms with Crippen molar-refractivity contribution in [2.75, 3.05) is 13.2 Å². The molecule has 0 aliphatic heterocycles. The Kier molecular flexibility index (Phi) is 3.50. The first kappa shape index (κ1) is 8.96. The van der Waals surface area contributed by atoms with E-state index in [0.29, 0.717) is 12.4 Å². The van der Waals surface area contributed by atoms with E-state index in [0.717, 1.165) is 5.56 Å². The summed E-state index contributed by atoms with van der Waals surface area (Å²) in [6, 6.07) is 3.65. The Morgan fingerprint density at radius 2 is 2.42 bits per heavy atom. The molecule has 0 spiro atoms. The van der Waals surface area contributed by atoms with Gasteiger partial charge in [-0.25, -0.2) is 4.98 Å². The van der Waals surface area contributed by atoms with Crippen LogP contribution >= 0.6 is 0 Å². The Balaban J connectivity index is 2.68. The SMILES string of the molecule is NCc1cccnc1OCCO. The van der Waals surface area contributed by atoms with Gasteiger partial charge in [-0.05, 0) is 6.07 Å². The molecule has 4 heteroatoms. The monoisotopic (exact) mass is 168 g/mol. The predicted octanol–water partition coefficient (Wildman–Crippen LogP) is -0.0886. The van der Waals surface area contributed by atoms with Gasteiger partial charge in [-0.3, -0.25) is 0 Å². The van der Waals surface area contributed by atoms with Crippen molar-refractivity contribution in [1.82, 2.24) is 4.98 Å². The lowest BCUT2D eigenvalue weighted by molar-refractivity contribution is 0.195. The first-order chi connectivity index (χ1) is 5.88. The van der Waals surface area contributed by atoms with Crippen LogP contribution in [-0.2, 0) is 6.54 Å². The maximum absolute atomic E-state index is 8.51. The second kappa shape index (κ2) is 4.69. The number of ether oxygens (including phenoxy) is 1. The number of aromatic nitrogens is 1. The average molecular weight is 168 g/mol. The van der Waals surface area contributed by atoms with E-state index in [1.54, 1.807) is 12.3 Å². The molecule has 0 aliphatic carbocycles. The van der Waals surface area contributed by atoms with Gasteiger partial charge in [-0.15, -0.1) is 0 Å². The van der Waals surface area contributed by atoms with Crippen LogP contribution in [0.2, 0.25) is 0 Å². The van der Waals surface area contributed by atoms with Crippen LogP contribution in [0, 0.1) is 0 Å². The Morgan fingerprint density at radius 1 is 1.58 bits per heavy atom. The molecular formula is C8H12N2O2. The largest absolute Gasteiger partial charge is 0.475 e. The molecule has 1 aromatic rings. The Hall–Kier alpha value is -1.13. The summed E-state index contributed by atoms with van der Waals surface area (Å²) < 4.78 is 5.14. The van der Waals surface area contributed by atoms with Crippen LogP contribution in [0.25, 0.3) is 0 Å². The van der Waals surface area contributed by atoms with Gasteiger partial charge in [-0.2, -0.15) is 0 Å². The normalized spacial score (nSPS) is 9.83. The van der Waals surface area contributed by atoms with Crippen LogP contribution in [0.1, 0.15) is 5.56 Å². The van der Waals surface area contributed by atoms with E-state index in [4.69, 9.17) is 15.6 Å². The Labute approximate surface area is 71.0 Å². The van der Waals surface area contributed by atoms with Crippen molar-refractivity contribution in [2.24, 2.45) is 5.73 Å². The molecule has 1 heterocycles. The molecule has 0 fully saturated rings. The van der Waals surface area contributed by atoms with Gasteiger partial charge in [0.25, 0.3) is 0 Å². The second-order valence-corrected chi connectivity index (χ2v) is 2.24. The standard InChI is InChI=1S/C8H12N2O2/c9-6-7-2-1-3-10-8(7)12-5-4-11/h1-3,11H,4-6,9H2. The summed E-state index contributed by atoms with van der Waals surface area (Å²) in [6.07, 6.45) is 1.63. The molecule has 66 valence electrons. The minimum atomic E-state index is -0.0133. The van der Waals surface area contributed by atoms with Gasteiger partial charge in [0.1, 0.15) is 6.61 Å². The van der Waals surface area contributed by atoms with Gasteiger partial charge in [0.15, 0.2) is 0 Å². The summed E-state index contributed by atoms with van der Waals surface area (Å²) in [5.41, 5.74) is 6.29. The topological polar surface area (TPSA) is 68.4 Å². The maximum Gasteiger partial charge on any atom is 0.217 e. The van der Waals surface area contributed by atoms with Gasteiger partial charge in [0.2, 0.25) is 5.88 Å². The van der Waals surface area contributed by atoms with Crippen molar-refractivity contribution < 1.29 is 9.84 Å². The lowest BCUT2D eigenvalue weighted by atomic mass is 10.3. The minimum absolute atomic E-state index is 0.0133. The van der Waals surface area contributed by atoms with Crippen molar-refractivity contribution in [1.29, 1.82) is 0 Å². The summed E-state index contributed by atoms with van der Waals surface area (Å²) in [7, 11) is 0. The molecular weight excluding hydrogens is 156 g/mol. The van der Waals surface area contributed by atoms with Crippen LogP contribution in [0.3, 0.4) is 0 Å². The number of nitrogens with two attached hydrogens (primary N) is 1. The summed E-state index contributed by atoms with van der Waals surface area (Å²) in [4.78, 5) is 3.97. The molecule has 4 nitrogen and oxygen atoms in total. The van der Waals surface area contributed by atoms with E-state index in [1.807, 2.05) is 6.07 Å². The molecule has 0 saturated heterocycles. The zero-order valence-electron chi connectivity index (χ0n) is 6.73. The number of nitrogens with zero attached hydrogens (tertiary/aromatic N) is 1. The second-order valence-electron chi connectivity index (χ2n) is 2.24. The van der Waals surface area contributed by atoms with Gasteiger partial charge >= 0.3 is 0 Å². The molecule has 0 aromatic carbocycles. The Morgan fingerprint density at radius 3 is 3.08 bits per heavy atom. The summed E-state index contributed by atoms with van der Waals surface area (Å²) in [6.45, 7) is 0.638. The van der Waals surface area contributed by atoms with Gasteiger partial charge in [-0.1, -0.05) is 6.07 Å². The van der Waals surface area contributed by atoms with Crippen LogP contribution in [-0.4, -0.2) is 23.3 Å². The van der Waals surface area contributed by atoms with E-state index in [-0.39, 0.29) is 13.2 Å². The molecule has 0 amide bonds. The molecule has 0 bridgehead atoms. The van der Waals surface area contributed by atoms with Gasteiger partial charge in [0, 0.05) is 18.3 Å². The van der Waals surface area contributed by atoms with Gasteiger partial charge < -0.3 is 15.6 Å². The third kappa shape index (κ3) is 2.18. The van der Waals surface area contributed by atoms with Crippen molar-refractivity contribution >= 4 is 0 Å². The highest BCUT2D eigenvalue weighted by Crippen LogP contribution is 2.12. The number of hydrogen-bond acceptors (Lipinski definition) is 4. The first-order valence-corrected chi connectivity index (χ1v) is 3.76. The van der Waals surface area contributed by atoms with Crippen LogP contribution in [0.5, 0.6) is 5.88 Å². The molecule has 3 N–H and O–H groups in total. The molecule has 12 heavy (non-hydrogen) atoms. The van der Waals surface area contributed by atoms with E-state index < -0.39 is 0 Å². The van der Waals surface area contributed by atoms with E-state index in [9.17, 15) is 0 Å². The highest BCUT2D eigenvalue weighted by atomic mass is 16.5. The van der Waals surface area contributed by atoms with Crippen LogP contribution < -0.4 is 10.5 Å². The van der Waals surface area contributed by atoms with Crippen molar-refractivity contribution in [3.8, 4) is 5.88 Å². The molecule has 0 radical (unpaired) electrons. The molecule has 0 saturated carbocycles. The maximum atomic E-state index is 8.51. The fourth-order valence-electron chi connectivity index (χ4n) is 0.852. The molecule has 0 aliphatic rings. The smallest absolute Gasteiger partial charge is 0.217 e. The molecule has 0 atom stereocenters. The quantitative estimate of drug-likeness (QED) is 0.659. The van der Waals surface area contributed by atoms with Gasteiger partial charge in [0.05, 0.1) is 6.61 Å². The van der Waals surface area contributed by atoms with E-state index in [2.05, 4.69) is 4.98 Å². The molecule has 1 rings (SSSR count). The lowest BCUT2D eigenvalue weighted by Gasteiger charge is -2.06. The summed E-state index contributed by atoms with van der Waals surface area (Å²) in [5, 5.41) is 8.51. The third-order valence-electron chi connectivity index (χ3n) is 1.40. The zero-order chi connectivity index (χ0) is 8.81. The average Bonchev–Trinajstić information content (AvgIpc) is 2.15. The number of aliphatic hydroxyl groups is 1. The third-order valence-corrected chi connectivity index (χ3v) is 1.40. The molecule has 1 aromatic heterocycles. The van der Waals surface area contributed by atoms with Crippen molar-refractivity contribution in [3.63, 3.8) is 0 Å². The number of rotatable bonds is 4. The van der Waals surface area contributed by atoms with E-state index >= 15 is 0 Å². The van der Waals surface area contributed by atoms with Crippen LogP contribution in [0.15, 0.2) is 18.3 Å². The van der Waals surface area contributed by atoms with Crippen LogP contribution in [0.4, 0.5) is 0 Å². The molecule has 0 unspecified atom stereocenters. The minimum Gasteiger partial charge on any atom is -0.475 e. The number of aliphatic hydroxyl groups excluding tert-OH is 1. The summed E-state index contributed by atoms with van der Waals surface area (Å²) >= 11 is 0. The zero-order valence-corrected chi connectivity index (χ0v) is 6.73. The Bertz CT molecular complexity index is 240. The number of pyridine rings is 1. The van der Waals surface area contributed by atoms with Crippen molar-refractivity contribution in [3.05, 3.63) is 23.9 Å². The van der Waals surface area contributed by atoms with E-state index in [1.165, 1.54) is 0 Å². The lowest BCUT2D eigenvalue weighted by Crippen LogP contribution is -2.07. The predicted molar refractivity (Wildman–Crippen MR) is 44.7 cm³/mol. The fraction of sp³-hybridized carbons (Fsp3) is 0.375. The fourth-order valence-corrected chi connectivity index (χ4v) is 0.852. The first-order valence-electron chi connectivity index (χ1n) is 3.76. The highest BCUT2D eigenvalue weighted by molar-refractivity contribution is 5.24. The summed E-state index contributed by atoms with van der Waals surface area (Å²) in [5.74, 6) is 0.508. The van der Waals surface area contributed by atoms with Crippen molar-refractivity contribution in [2.45, 2.75) is 6.54 Å². The number of hydrogen-bond donors (Lipinski definition) is 2.